The van der Waals surface area contributed by atoms with Crippen LogP contribution in [-0.4, -0.2) is 76.7 Å². The van der Waals surface area contributed by atoms with E-state index in [9.17, 15) is 9.59 Å². The van der Waals surface area contributed by atoms with Crippen LogP contribution in [0.4, 0.5) is 0 Å². The molecule has 1 aromatic carbocycles. The quantitative estimate of drug-likeness (QED) is 0.339. The van der Waals surface area contributed by atoms with E-state index in [0.717, 1.165) is 37.5 Å². The summed E-state index contributed by atoms with van der Waals surface area (Å²) in [7, 11) is 3.48. The highest BCUT2D eigenvalue weighted by Crippen LogP contribution is 2.34. The van der Waals surface area contributed by atoms with Crippen molar-refractivity contribution in [1.82, 2.24) is 23.8 Å². The van der Waals surface area contributed by atoms with Crippen LogP contribution < -0.4 is 10.3 Å². The summed E-state index contributed by atoms with van der Waals surface area (Å²) in [6, 6.07) is 5.97. The molecule has 0 atom stereocenters. The lowest BCUT2D eigenvalue weighted by atomic mass is 10.1. The van der Waals surface area contributed by atoms with Crippen LogP contribution in [0.15, 0.2) is 27.9 Å². The highest BCUT2D eigenvalue weighted by atomic mass is 32.2. The van der Waals surface area contributed by atoms with E-state index in [1.807, 2.05) is 45.9 Å². The molecule has 202 valence electrons. The van der Waals surface area contributed by atoms with E-state index in [2.05, 4.69) is 21.2 Å². The van der Waals surface area contributed by atoms with Gasteiger partial charge >= 0.3 is 5.97 Å². The van der Waals surface area contributed by atoms with Gasteiger partial charge in [0.05, 0.1) is 30.5 Å². The fourth-order valence-corrected chi connectivity index (χ4v) is 5.37. The molecule has 2 aromatic heterocycles. The summed E-state index contributed by atoms with van der Waals surface area (Å²) in [6.45, 7) is 14.2. The third-order valence-corrected chi connectivity index (χ3v) is 7.30. The lowest BCUT2D eigenvalue weighted by molar-refractivity contribution is 0.0598. The molecular formula is C27H39N5O4S. The SMILES string of the molecule is CC.CCCc1c(C(=O)OC)c(C)c2c(=O)[nH]c(-c3cc(SN4CCN(C)CC4)ccc3OCC)nn12. The Balaban J connectivity index is 0.00000186. The van der Waals surface area contributed by atoms with Gasteiger partial charge in [0.15, 0.2) is 5.82 Å². The van der Waals surface area contributed by atoms with Gasteiger partial charge in [-0.1, -0.05) is 27.2 Å². The highest BCUT2D eigenvalue weighted by Gasteiger charge is 2.25. The van der Waals surface area contributed by atoms with Gasteiger partial charge in [0.1, 0.15) is 11.3 Å². The molecule has 0 saturated carbocycles. The summed E-state index contributed by atoms with van der Waals surface area (Å²) in [5.41, 5.74) is 2.43. The Labute approximate surface area is 223 Å². The highest BCUT2D eigenvalue weighted by molar-refractivity contribution is 7.97. The molecule has 0 unspecified atom stereocenters. The number of esters is 1. The van der Waals surface area contributed by atoms with E-state index < -0.39 is 5.97 Å². The number of H-pyrrole nitrogens is 1. The molecule has 0 bridgehead atoms. The largest absolute Gasteiger partial charge is 0.493 e. The maximum absolute atomic E-state index is 13.2. The number of nitrogens with zero attached hydrogens (tertiary/aromatic N) is 4. The topological polar surface area (TPSA) is 92.2 Å². The van der Waals surface area contributed by atoms with Crippen LogP contribution in [0.2, 0.25) is 0 Å². The van der Waals surface area contributed by atoms with E-state index in [-0.39, 0.29) is 5.56 Å². The second kappa shape index (κ2) is 13.1. The fraction of sp³-hybridized carbons (Fsp3) is 0.519. The van der Waals surface area contributed by atoms with Gasteiger partial charge in [-0.3, -0.25) is 4.79 Å². The van der Waals surface area contributed by atoms with E-state index in [4.69, 9.17) is 14.6 Å². The summed E-state index contributed by atoms with van der Waals surface area (Å²) in [5, 5.41) is 4.81. The molecule has 0 amide bonds. The number of rotatable bonds is 8. The van der Waals surface area contributed by atoms with Crippen LogP contribution in [0, 0.1) is 6.92 Å². The van der Waals surface area contributed by atoms with Crippen LogP contribution in [-0.2, 0) is 11.2 Å². The zero-order chi connectivity index (χ0) is 27.1. The van der Waals surface area contributed by atoms with E-state index >= 15 is 0 Å². The third-order valence-electron chi connectivity index (χ3n) is 6.21. The number of carbonyl (C=O) groups is 1. The number of likely N-dealkylation sites (N-methyl/N-ethyl adjacent to an activating group) is 1. The van der Waals surface area contributed by atoms with Crippen molar-refractivity contribution in [2.45, 2.75) is 52.4 Å². The van der Waals surface area contributed by atoms with Crippen molar-refractivity contribution in [1.29, 1.82) is 0 Å². The maximum atomic E-state index is 13.2. The van der Waals surface area contributed by atoms with Crippen molar-refractivity contribution in [3.05, 3.63) is 45.4 Å². The number of aromatic nitrogens is 3. The first-order valence-corrected chi connectivity index (χ1v) is 13.8. The number of piperazine rings is 1. The Morgan fingerprint density at radius 2 is 1.86 bits per heavy atom. The first kappa shape index (κ1) is 28.7. The van der Waals surface area contributed by atoms with Crippen molar-refractivity contribution in [2.24, 2.45) is 0 Å². The third kappa shape index (κ3) is 6.19. The Kier molecular flexibility index (Phi) is 10.2. The van der Waals surface area contributed by atoms with Crippen LogP contribution in [0.3, 0.4) is 0 Å². The first-order chi connectivity index (χ1) is 17.9. The Hall–Kier alpha value is -2.82. The van der Waals surface area contributed by atoms with Gasteiger partial charge < -0.3 is 19.4 Å². The predicted octanol–water partition coefficient (Wildman–Crippen LogP) is 4.42. The lowest BCUT2D eigenvalue weighted by Gasteiger charge is -2.31. The molecule has 0 radical (unpaired) electrons. The molecule has 3 aromatic rings. The number of ether oxygens (including phenoxy) is 2. The minimum absolute atomic E-state index is 0.306. The molecule has 1 saturated heterocycles. The zero-order valence-electron chi connectivity index (χ0n) is 23.0. The number of carbonyl (C=O) groups excluding carboxylic acids is 1. The molecule has 1 fully saturated rings. The summed E-state index contributed by atoms with van der Waals surface area (Å²) < 4.78 is 14.9. The number of aromatic amines is 1. The molecule has 1 N–H and O–H groups in total. The second-order valence-corrected chi connectivity index (χ2v) is 9.84. The number of hydrogen-bond donors (Lipinski definition) is 1. The van der Waals surface area contributed by atoms with Crippen LogP contribution >= 0.6 is 11.9 Å². The molecule has 9 nitrogen and oxygen atoms in total. The monoisotopic (exact) mass is 529 g/mol. The standard InChI is InChI=1S/C25H33N5O4S.C2H6/c1-6-8-19-21(25(32)33-5)16(3)22-24(31)26-23(27-30(19)22)18-15-17(9-10-20(18)34-7-2)35-29-13-11-28(4)12-14-29;1-2/h9-10,15H,6-8,11-14H2,1-5H3,(H,26,27,31);1-2H3. The summed E-state index contributed by atoms with van der Waals surface area (Å²) in [6.07, 6.45) is 1.38. The summed E-state index contributed by atoms with van der Waals surface area (Å²) in [4.78, 5) is 32.1. The van der Waals surface area contributed by atoms with Crippen molar-refractivity contribution < 1.29 is 14.3 Å². The molecular weight excluding hydrogens is 490 g/mol. The van der Waals surface area contributed by atoms with Gasteiger partial charge in [-0.2, -0.15) is 0 Å². The molecule has 0 aliphatic carbocycles. The number of benzene rings is 1. The minimum Gasteiger partial charge on any atom is -0.493 e. The van der Waals surface area contributed by atoms with Gasteiger partial charge in [0.25, 0.3) is 5.56 Å². The number of hydrogen-bond acceptors (Lipinski definition) is 8. The van der Waals surface area contributed by atoms with Gasteiger partial charge in [-0.05, 0) is 63.0 Å². The maximum Gasteiger partial charge on any atom is 0.340 e. The average Bonchev–Trinajstić information content (AvgIpc) is 3.19. The van der Waals surface area contributed by atoms with Crippen LogP contribution in [0.1, 0.15) is 55.7 Å². The van der Waals surface area contributed by atoms with E-state index in [0.29, 0.717) is 52.5 Å². The van der Waals surface area contributed by atoms with Crippen LogP contribution in [0.5, 0.6) is 5.75 Å². The normalized spacial score (nSPS) is 14.4. The Morgan fingerprint density at radius 1 is 1.16 bits per heavy atom. The van der Waals surface area contributed by atoms with Gasteiger partial charge in [0.2, 0.25) is 0 Å². The average molecular weight is 530 g/mol. The fourth-order valence-electron chi connectivity index (χ4n) is 4.43. The molecule has 1 aliphatic heterocycles. The predicted molar refractivity (Wildman–Crippen MR) is 149 cm³/mol. The number of methoxy groups -OCH3 is 1. The summed E-state index contributed by atoms with van der Waals surface area (Å²) >= 11 is 1.70. The number of fused-ring (bicyclic) bond motifs is 1. The van der Waals surface area contributed by atoms with Crippen molar-refractivity contribution in [2.75, 3.05) is 46.9 Å². The molecule has 4 rings (SSSR count). The molecule has 10 heteroatoms. The van der Waals surface area contributed by atoms with Crippen molar-refractivity contribution in [3.63, 3.8) is 0 Å². The zero-order valence-corrected chi connectivity index (χ0v) is 23.8. The molecule has 37 heavy (non-hydrogen) atoms. The summed E-state index contributed by atoms with van der Waals surface area (Å²) in [5.74, 6) is 0.584. The van der Waals surface area contributed by atoms with Gasteiger partial charge in [-0.15, -0.1) is 5.10 Å². The molecule has 3 heterocycles. The van der Waals surface area contributed by atoms with E-state index in [1.165, 1.54) is 7.11 Å². The Bertz CT molecular complexity index is 1280. The Morgan fingerprint density at radius 3 is 2.49 bits per heavy atom. The molecule has 1 aliphatic rings. The van der Waals surface area contributed by atoms with Crippen molar-refractivity contribution >= 4 is 23.4 Å². The van der Waals surface area contributed by atoms with Gasteiger partial charge in [0, 0.05) is 31.1 Å². The molecule has 0 spiro atoms. The number of aryl methyl sites for hydroxylation is 2. The first-order valence-electron chi connectivity index (χ1n) is 13.0. The van der Waals surface area contributed by atoms with E-state index in [1.54, 1.807) is 23.4 Å². The minimum atomic E-state index is -0.460. The van der Waals surface area contributed by atoms with Crippen LogP contribution in [0.25, 0.3) is 16.9 Å². The van der Waals surface area contributed by atoms with Gasteiger partial charge in [-0.25, -0.2) is 13.6 Å². The van der Waals surface area contributed by atoms with Crippen molar-refractivity contribution in [3.8, 4) is 17.1 Å². The number of nitrogens with one attached hydrogen (secondary N) is 1. The smallest absolute Gasteiger partial charge is 0.340 e. The second-order valence-electron chi connectivity index (χ2n) is 8.67. The lowest BCUT2D eigenvalue weighted by Crippen LogP contribution is -2.40.